The summed E-state index contributed by atoms with van der Waals surface area (Å²) in [5.41, 5.74) is 0.757. The molecule has 1 aromatic rings. The van der Waals surface area contributed by atoms with Crippen LogP contribution in [-0.4, -0.2) is 0 Å². The molecule has 13 heavy (non-hydrogen) atoms. The number of allylic oxidation sites excluding steroid dienone is 1. The summed E-state index contributed by atoms with van der Waals surface area (Å²) in [5, 5.41) is 9.41. The summed E-state index contributed by atoms with van der Waals surface area (Å²) in [4.78, 5) is 0. The lowest BCUT2D eigenvalue weighted by Crippen LogP contribution is -1.79. The molecule has 0 aliphatic carbocycles. The number of rotatable bonds is 1. The Labute approximate surface area is 94.7 Å². The van der Waals surface area contributed by atoms with Crippen LogP contribution in [0.4, 0.5) is 0 Å². The maximum Gasteiger partial charge on any atom is 0.0927 e. The number of halogens is 3. The monoisotopic (exact) mass is 275 g/mol. The fourth-order valence-corrected chi connectivity index (χ4v) is 2.04. The zero-order valence-corrected chi connectivity index (χ0v) is 9.49. The third-order valence-electron chi connectivity index (χ3n) is 1.38. The van der Waals surface area contributed by atoms with Gasteiger partial charge in [0.05, 0.1) is 11.1 Å². The Bertz CT molecular complexity index is 393. The van der Waals surface area contributed by atoms with Crippen molar-refractivity contribution >= 4 is 44.2 Å². The van der Waals surface area contributed by atoms with Crippen molar-refractivity contribution in [1.29, 1.82) is 5.26 Å². The predicted molar refractivity (Wildman–Crippen MR) is 58.6 cm³/mol. The summed E-state index contributed by atoms with van der Waals surface area (Å²) in [5.74, 6) is 0. The average Bonchev–Trinajstić information content (AvgIpc) is 2.04. The molecule has 0 saturated carbocycles. The summed E-state index contributed by atoms with van der Waals surface area (Å²) >= 11 is 14.9. The van der Waals surface area contributed by atoms with Gasteiger partial charge in [0.15, 0.2) is 0 Å². The molecule has 0 N–H and O–H groups in total. The van der Waals surface area contributed by atoms with Gasteiger partial charge >= 0.3 is 0 Å². The van der Waals surface area contributed by atoms with Crippen LogP contribution < -0.4 is 0 Å². The highest BCUT2D eigenvalue weighted by Gasteiger charge is 2.03. The minimum Gasteiger partial charge on any atom is -0.193 e. The minimum absolute atomic E-state index is 0.394. The molecule has 4 heteroatoms. The van der Waals surface area contributed by atoms with Crippen LogP contribution in [0.3, 0.4) is 0 Å². The second-order valence-corrected chi connectivity index (χ2v) is 3.94. The van der Waals surface area contributed by atoms with Crippen LogP contribution in [0, 0.1) is 11.3 Å². The first-order valence-corrected chi connectivity index (χ1v) is 4.90. The standard InChI is InChI=1S/C9H4BrCl2N/c10-8-5-6(11)1-2-7(8)9(12)3-4-13/h1-3,5H/b9-3+. The number of nitriles is 1. The van der Waals surface area contributed by atoms with Crippen molar-refractivity contribution in [1.82, 2.24) is 0 Å². The zero-order valence-electron chi connectivity index (χ0n) is 6.39. The Balaban J connectivity index is 3.18. The van der Waals surface area contributed by atoms with Crippen LogP contribution in [0.2, 0.25) is 5.02 Å². The molecule has 0 aromatic heterocycles. The Hall–Kier alpha value is -0.490. The molecule has 0 radical (unpaired) electrons. The minimum atomic E-state index is 0.394. The Morgan fingerprint density at radius 1 is 1.54 bits per heavy atom. The number of nitrogens with zero attached hydrogens (tertiary/aromatic N) is 1. The lowest BCUT2D eigenvalue weighted by molar-refractivity contribution is 1.53. The van der Waals surface area contributed by atoms with Crippen LogP contribution in [0.5, 0.6) is 0 Å². The van der Waals surface area contributed by atoms with Crippen LogP contribution >= 0.6 is 39.1 Å². The number of benzene rings is 1. The van der Waals surface area contributed by atoms with Gasteiger partial charge in [-0.25, -0.2) is 0 Å². The van der Waals surface area contributed by atoms with Crippen molar-refractivity contribution in [2.45, 2.75) is 0 Å². The molecule has 0 heterocycles. The third-order valence-corrected chi connectivity index (χ3v) is 2.58. The highest BCUT2D eigenvalue weighted by molar-refractivity contribution is 9.10. The van der Waals surface area contributed by atoms with Crippen molar-refractivity contribution in [3.05, 3.63) is 39.3 Å². The van der Waals surface area contributed by atoms with E-state index in [-0.39, 0.29) is 0 Å². The van der Waals surface area contributed by atoms with E-state index in [0.29, 0.717) is 10.1 Å². The van der Waals surface area contributed by atoms with Crippen molar-refractivity contribution in [3.63, 3.8) is 0 Å². The lowest BCUT2D eigenvalue weighted by atomic mass is 10.2. The molecule has 0 aliphatic heterocycles. The van der Waals surface area contributed by atoms with Gasteiger partial charge in [-0.05, 0) is 12.1 Å². The first-order valence-electron chi connectivity index (χ1n) is 3.36. The second-order valence-electron chi connectivity index (χ2n) is 2.25. The first-order chi connectivity index (χ1) is 6.15. The van der Waals surface area contributed by atoms with Crippen LogP contribution in [0.1, 0.15) is 5.56 Å². The van der Waals surface area contributed by atoms with Gasteiger partial charge in [-0.1, -0.05) is 45.2 Å². The summed E-state index contributed by atoms with van der Waals surface area (Å²) in [6.07, 6.45) is 1.27. The van der Waals surface area contributed by atoms with Crippen molar-refractivity contribution in [2.75, 3.05) is 0 Å². The SMILES string of the molecule is N#C/C=C(/Cl)c1ccc(Cl)cc1Br. The molecular formula is C9H4BrCl2N. The molecular weight excluding hydrogens is 273 g/mol. The van der Waals surface area contributed by atoms with E-state index in [1.54, 1.807) is 18.2 Å². The summed E-state index contributed by atoms with van der Waals surface area (Å²) in [6, 6.07) is 7.06. The summed E-state index contributed by atoms with van der Waals surface area (Å²) < 4.78 is 0.775. The molecule has 0 atom stereocenters. The van der Waals surface area contributed by atoms with Gasteiger partial charge in [0, 0.05) is 21.1 Å². The van der Waals surface area contributed by atoms with Gasteiger partial charge in [0.2, 0.25) is 0 Å². The van der Waals surface area contributed by atoms with Crippen LogP contribution in [0.25, 0.3) is 5.03 Å². The molecule has 0 unspecified atom stereocenters. The van der Waals surface area contributed by atoms with Crippen molar-refractivity contribution in [2.24, 2.45) is 0 Å². The van der Waals surface area contributed by atoms with E-state index in [1.807, 2.05) is 6.07 Å². The highest BCUT2D eigenvalue weighted by Crippen LogP contribution is 2.29. The molecule has 1 aromatic carbocycles. The fourth-order valence-electron chi connectivity index (χ4n) is 0.818. The van der Waals surface area contributed by atoms with Crippen molar-refractivity contribution in [3.8, 4) is 6.07 Å². The van der Waals surface area contributed by atoms with E-state index in [1.165, 1.54) is 6.08 Å². The fraction of sp³-hybridized carbons (Fsp3) is 0. The van der Waals surface area contributed by atoms with E-state index in [2.05, 4.69) is 15.9 Å². The van der Waals surface area contributed by atoms with Crippen molar-refractivity contribution < 1.29 is 0 Å². The quantitative estimate of drug-likeness (QED) is 0.705. The highest BCUT2D eigenvalue weighted by atomic mass is 79.9. The van der Waals surface area contributed by atoms with Crippen LogP contribution in [0.15, 0.2) is 28.7 Å². The van der Waals surface area contributed by atoms with Gasteiger partial charge in [-0.3, -0.25) is 0 Å². The molecule has 0 spiro atoms. The smallest absolute Gasteiger partial charge is 0.0927 e. The molecule has 0 saturated heterocycles. The van der Waals surface area contributed by atoms with Gasteiger partial charge < -0.3 is 0 Å². The molecule has 66 valence electrons. The van der Waals surface area contributed by atoms with Gasteiger partial charge in [0.1, 0.15) is 0 Å². The average molecular weight is 277 g/mol. The Kier molecular flexibility index (Phi) is 3.80. The number of hydrogen-bond donors (Lipinski definition) is 0. The summed E-state index contributed by atoms with van der Waals surface area (Å²) in [6.45, 7) is 0. The van der Waals surface area contributed by atoms with E-state index < -0.39 is 0 Å². The molecule has 0 amide bonds. The van der Waals surface area contributed by atoms with Gasteiger partial charge in [0.25, 0.3) is 0 Å². The third kappa shape index (κ3) is 2.73. The van der Waals surface area contributed by atoms with Crippen LogP contribution in [-0.2, 0) is 0 Å². The number of hydrogen-bond acceptors (Lipinski definition) is 1. The molecule has 1 nitrogen and oxygen atoms in total. The Morgan fingerprint density at radius 3 is 2.77 bits per heavy atom. The topological polar surface area (TPSA) is 23.8 Å². The molecule has 0 bridgehead atoms. The zero-order chi connectivity index (χ0) is 9.84. The Morgan fingerprint density at radius 2 is 2.23 bits per heavy atom. The molecule has 0 aliphatic rings. The molecule has 1 rings (SSSR count). The largest absolute Gasteiger partial charge is 0.193 e. The predicted octanol–water partition coefficient (Wildman–Crippen LogP) is 4.21. The first kappa shape index (κ1) is 10.6. The van der Waals surface area contributed by atoms with Gasteiger partial charge in [-0.15, -0.1) is 0 Å². The maximum absolute atomic E-state index is 8.39. The molecule has 0 fully saturated rings. The summed E-state index contributed by atoms with van der Waals surface area (Å²) in [7, 11) is 0. The second kappa shape index (κ2) is 4.66. The normalized spacial score (nSPS) is 11.1. The van der Waals surface area contributed by atoms with E-state index >= 15 is 0 Å². The lowest BCUT2D eigenvalue weighted by Gasteiger charge is -2.01. The van der Waals surface area contributed by atoms with Gasteiger partial charge in [-0.2, -0.15) is 5.26 Å². The maximum atomic E-state index is 8.39. The van der Waals surface area contributed by atoms with E-state index in [4.69, 9.17) is 28.5 Å². The van der Waals surface area contributed by atoms with E-state index in [9.17, 15) is 0 Å². The van der Waals surface area contributed by atoms with E-state index in [0.717, 1.165) is 10.0 Å².